The lowest BCUT2D eigenvalue weighted by atomic mass is 10.1. The fourth-order valence-corrected chi connectivity index (χ4v) is 2.09. The number of hydrogen-bond acceptors (Lipinski definition) is 2. The summed E-state index contributed by atoms with van der Waals surface area (Å²) in [6.45, 7) is 4.64. The van der Waals surface area contributed by atoms with Crippen molar-refractivity contribution >= 4 is 5.91 Å². The second-order valence-electron chi connectivity index (χ2n) is 4.39. The number of nitrogens with zero attached hydrogens (tertiary/aromatic N) is 2. The quantitative estimate of drug-likeness (QED) is 0.748. The maximum atomic E-state index is 11.8. The van der Waals surface area contributed by atoms with E-state index in [1.807, 2.05) is 37.1 Å². The first-order valence-electron chi connectivity index (χ1n) is 5.71. The van der Waals surface area contributed by atoms with Crippen LogP contribution in [-0.4, -0.2) is 41.9 Å². The summed E-state index contributed by atoms with van der Waals surface area (Å²) in [5.41, 5.74) is 1.27. The fraction of sp³-hybridized carbons (Fsp3) is 0.462. The minimum atomic E-state index is -0.000967. The largest absolute Gasteiger partial charge is 0.343 e. The van der Waals surface area contributed by atoms with Crippen molar-refractivity contribution in [3.63, 3.8) is 0 Å². The topological polar surface area (TPSA) is 23.6 Å². The molecule has 3 nitrogen and oxygen atoms in total. The Morgan fingerprint density at radius 2 is 1.94 bits per heavy atom. The molecule has 0 aromatic heterocycles. The van der Waals surface area contributed by atoms with Crippen molar-refractivity contribution in [3.05, 3.63) is 35.9 Å². The molecule has 0 radical (unpaired) electrons. The van der Waals surface area contributed by atoms with Gasteiger partial charge in [0.2, 0.25) is 5.91 Å². The summed E-state index contributed by atoms with van der Waals surface area (Å²) in [5.74, 6) is 0.224. The molecule has 0 saturated carbocycles. The summed E-state index contributed by atoms with van der Waals surface area (Å²) in [5, 5.41) is 0. The SMILES string of the molecule is CC1C(=O)N(C)CCN1Cc1ccccc1. The molecule has 0 bridgehead atoms. The summed E-state index contributed by atoms with van der Waals surface area (Å²) >= 11 is 0. The molecule has 1 aliphatic heterocycles. The van der Waals surface area contributed by atoms with E-state index in [1.54, 1.807) is 0 Å². The van der Waals surface area contributed by atoms with E-state index in [9.17, 15) is 4.79 Å². The molecule has 16 heavy (non-hydrogen) atoms. The molecule has 3 heteroatoms. The van der Waals surface area contributed by atoms with Gasteiger partial charge in [-0.05, 0) is 12.5 Å². The van der Waals surface area contributed by atoms with Crippen LogP contribution >= 0.6 is 0 Å². The Bertz CT molecular complexity index is 363. The van der Waals surface area contributed by atoms with Gasteiger partial charge in [-0.15, -0.1) is 0 Å². The summed E-state index contributed by atoms with van der Waals surface area (Å²) in [4.78, 5) is 15.9. The van der Waals surface area contributed by atoms with E-state index < -0.39 is 0 Å². The fourth-order valence-electron chi connectivity index (χ4n) is 2.09. The standard InChI is InChI=1S/C13H18N2O/c1-11-13(16)14(2)8-9-15(11)10-12-6-4-3-5-7-12/h3-7,11H,8-10H2,1-2H3. The summed E-state index contributed by atoms with van der Waals surface area (Å²) < 4.78 is 0. The van der Waals surface area contributed by atoms with Crippen LogP contribution in [-0.2, 0) is 11.3 Å². The maximum Gasteiger partial charge on any atom is 0.239 e. The molecular formula is C13H18N2O. The lowest BCUT2D eigenvalue weighted by molar-refractivity contribution is -0.139. The Hall–Kier alpha value is -1.35. The van der Waals surface area contributed by atoms with Crippen LogP contribution in [0.25, 0.3) is 0 Å². The lowest BCUT2D eigenvalue weighted by Crippen LogP contribution is -2.53. The Labute approximate surface area is 96.7 Å². The van der Waals surface area contributed by atoms with E-state index in [0.29, 0.717) is 0 Å². The number of hydrogen-bond donors (Lipinski definition) is 0. The second-order valence-corrected chi connectivity index (χ2v) is 4.39. The number of rotatable bonds is 2. The van der Waals surface area contributed by atoms with E-state index in [-0.39, 0.29) is 11.9 Å². The van der Waals surface area contributed by atoms with Crippen LogP contribution < -0.4 is 0 Å². The molecule has 1 atom stereocenters. The van der Waals surface area contributed by atoms with Gasteiger partial charge in [0, 0.05) is 26.7 Å². The summed E-state index contributed by atoms with van der Waals surface area (Å²) in [6.07, 6.45) is 0. The third-order valence-corrected chi connectivity index (χ3v) is 3.23. The monoisotopic (exact) mass is 218 g/mol. The van der Waals surface area contributed by atoms with E-state index in [4.69, 9.17) is 0 Å². The van der Waals surface area contributed by atoms with Gasteiger partial charge < -0.3 is 4.90 Å². The number of piperazine rings is 1. The second kappa shape index (κ2) is 4.66. The van der Waals surface area contributed by atoms with E-state index in [1.165, 1.54) is 5.56 Å². The van der Waals surface area contributed by atoms with Gasteiger partial charge in [0.1, 0.15) is 0 Å². The average Bonchev–Trinajstić information content (AvgIpc) is 2.31. The van der Waals surface area contributed by atoms with Crippen LogP contribution in [0.1, 0.15) is 12.5 Å². The van der Waals surface area contributed by atoms with Crippen molar-refractivity contribution in [1.29, 1.82) is 0 Å². The van der Waals surface area contributed by atoms with Crippen LogP contribution in [0.5, 0.6) is 0 Å². The number of benzene rings is 1. The molecule has 1 fully saturated rings. The molecule has 1 amide bonds. The van der Waals surface area contributed by atoms with Crippen molar-refractivity contribution in [2.45, 2.75) is 19.5 Å². The Morgan fingerprint density at radius 1 is 1.25 bits per heavy atom. The Morgan fingerprint density at radius 3 is 2.62 bits per heavy atom. The predicted molar refractivity (Wildman–Crippen MR) is 64.0 cm³/mol. The minimum Gasteiger partial charge on any atom is -0.343 e. The Kier molecular flexibility index (Phi) is 3.25. The van der Waals surface area contributed by atoms with Gasteiger partial charge in [-0.1, -0.05) is 30.3 Å². The maximum absolute atomic E-state index is 11.8. The molecule has 1 aliphatic rings. The highest BCUT2D eigenvalue weighted by Gasteiger charge is 2.28. The van der Waals surface area contributed by atoms with Gasteiger partial charge in [0.25, 0.3) is 0 Å². The zero-order valence-corrected chi connectivity index (χ0v) is 9.89. The third kappa shape index (κ3) is 2.25. The molecule has 0 spiro atoms. The smallest absolute Gasteiger partial charge is 0.239 e. The number of amides is 1. The average molecular weight is 218 g/mol. The van der Waals surface area contributed by atoms with Gasteiger partial charge >= 0.3 is 0 Å². The van der Waals surface area contributed by atoms with E-state index in [0.717, 1.165) is 19.6 Å². The van der Waals surface area contributed by atoms with Crippen molar-refractivity contribution in [2.24, 2.45) is 0 Å². The van der Waals surface area contributed by atoms with Crippen molar-refractivity contribution in [1.82, 2.24) is 9.80 Å². The van der Waals surface area contributed by atoms with Crippen LogP contribution in [0.2, 0.25) is 0 Å². The van der Waals surface area contributed by atoms with E-state index in [2.05, 4.69) is 17.0 Å². The van der Waals surface area contributed by atoms with Gasteiger partial charge in [-0.3, -0.25) is 9.69 Å². The molecular weight excluding hydrogens is 200 g/mol. The first kappa shape index (κ1) is 11.1. The minimum absolute atomic E-state index is 0.000967. The van der Waals surface area contributed by atoms with Crippen LogP contribution in [0.3, 0.4) is 0 Å². The molecule has 0 N–H and O–H groups in total. The molecule has 1 heterocycles. The number of carbonyl (C=O) groups excluding carboxylic acids is 1. The number of carbonyl (C=O) groups is 1. The Balaban J connectivity index is 2.03. The van der Waals surface area contributed by atoms with Crippen LogP contribution in [0.15, 0.2) is 30.3 Å². The molecule has 2 rings (SSSR count). The lowest BCUT2D eigenvalue weighted by Gasteiger charge is -2.37. The summed E-state index contributed by atoms with van der Waals surface area (Å²) in [7, 11) is 1.87. The van der Waals surface area contributed by atoms with Crippen LogP contribution in [0, 0.1) is 0 Å². The molecule has 1 aromatic rings. The molecule has 1 aromatic carbocycles. The zero-order valence-electron chi connectivity index (χ0n) is 9.89. The highest BCUT2D eigenvalue weighted by Crippen LogP contribution is 2.13. The van der Waals surface area contributed by atoms with E-state index >= 15 is 0 Å². The number of likely N-dealkylation sites (N-methyl/N-ethyl adjacent to an activating group) is 1. The van der Waals surface area contributed by atoms with Crippen molar-refractivity contribution in [2.75, 3.05) is 20.1 Å². The van der Waals surface area contributed by atoms with Crippen molar-refractivity contribution in [3.8, 4) is 0 Å². The van der Waals surface area contributed by atoms with Crippen LogP contribution in [0.4, 0.5) is 0 Å². The summed E-state index contributed by atoms with van der Waals surface area (Å²) in [6, 6.07) is 10.3. The van der Waals surface area contributed by atoms with Crippen molar-refractivity contribution < 1.29 is 4.79 Å². The normalized spacial score (nSPS) is 22.5. The highest BCUT2D eigenvalue weighted by molar-refractivity contribution is 5.81. The first-order valence-corrected chi connectivity index (χ1v) is 5.71. The highest BCUT2D eigenvalue weighted by atomic mass is 16.2. The van der Waals surface area contributed by atoms with Gasteiger partial charge in [-0.25, -0.2) is 0 Å². The molecule has 1 unspecified atom stereocenters. The third-order valence-electron chi connectivity index (χ3n) is 3.23. The molecule has 86 valence electrons. The first-order chi connectivity index (χ1) is 7.68. The van der Waals surface area contributed by atoms with Gasteiger partial charge in [0.15, 0.2) is 0 Å². The molecule has 0 aliphatic carbocycles. The van der Waals surface area contributed by atoms with Gasteiger partial charge in [-0.2, -0.15) is 0 Å². The van der Waals surface area contributed by atoms with Gasteiger partial charge in [0.05, 0.1) is 6.04 Å². The predicted octanol–water partition coefficient (Wildman–Crippen LogP) is 1.35. The zero-order chi connectivity index (χ0) is 11.5. The molecule has 1 saturated heterocycles.